The fraction of sp³-hybridized carbons (Fsp3) is 0.929. The van der Waals surface area contributed by atoms with Gasteiger partial charge in [0.05, 0.1) is 51.8 Å². The number of hydrogen-bond donors (Lipinski definition) is 18. The summed E-state index contributed by atoms with van der Waals surface area (Å²) >= 11 is 0. The van der Waals surface area contributed by atoms with E-state index < -0.39 is 217 Å². The van der Waals surface area contributed by atoms with Gasteiger partial charge in [-0.15, -0.1) is 0 Å². The van der Waals surface area contributed by atoms with Crippen LogP contribution in [0.1, 0.15) is 207 Å². The quantitative estimate of drug-likeness (QED) is 0.0276. The molecular weight excluding hydrogens is 1330 g/mol. The van der Waals surface area contributed by atoms with E-state index in [1.165, 1.54) is 116 Å². The van der Waals surface area contributed by atoms with Crippen molar-refractivity contribution in [1.82, 2.24) is 16.0 Å². The van der Waals surface area contributed by atoms with Crippen LogP contribution in [0.2, 0.25) is 0 Å². The molecule has 5 heterocycles. The van der Waals surface area contributed by atoms with Crippen molar-refractivity contribution in [1.29, 1.82) is 0 Å². The maximum atomic E-state index is 13.5. The topological polar surface area (TPSA) is 483 Å². The number of allylic oxidation sites excluding steroid dienone is 1. The normalized spacial score (nSPS) is 35.3. The third-order valence-electron chi connectivity index (χ3n) is 19.6. The molecule has 3 amide bonds. The Hall–Kier alpha value is -2.85. The number of amides is 3. The van der Waals surface area contributed by atoms with E-state index in [1.54, 1.807) is 6.08 Å². The molecule has 5 saturated heterocycles. The summed E-state index contributed by atoms with van der Waals surface area (Å²) in [7, 11) is 0. The molecule has 0 saturated carbocycles. The summed E-state index contributed by atoms with van der Waals surface area (Å²) in [6, 6.07) is -4.16. The van der Waals surface area contributed by atoms with Crippen LogP contribution in [-0.4, -0.2) is 300 Å². The van der Waals surface area contributed by atoms with Gasteiger partial charge >= 0.3 is 0 Å². The van der Waals surface area contributed by atoms with Crippen molar-refractivity contribution in [2.45, 2.75) is 373 Å². The second kappa shape index (κ2) is 48.5. The van der Waals surface area contributed by atoms with Crippen molar-refractivity contribution in [3.05, 3.63) is 12.2 Å². The average Bonchev–Trinajstić information content (AvgIpc) is 0.784. The third kappa shape index (κ3) is 28.7. The minimum absolute atomic E-state index is 0.197. The van der Waals surface area contributed by atoms with Crippen LogP contribution in [0.25, 0.3) is 0 Å². The van der Waals surface area contributed by atoms with Crippen molar-refractivity contribution < 1.29 is 138 Å². The first-order valence-electron chi connectivity index (χ1n) is 37.4. The molecule has 0 radical (unpaired) electrons. The Morgan fingerprint density at radius 1 is 0.396 bits per heavy atom. The van der Waals surface area contributed by atoms with E-state index in [2.05, 4.69) is 29.8 Å². The van der Waals surface area contributed by atoms with Crippen LogP contribution in [0.15, 0.2) is 12.2 Å². The summed E-state index contributed by atoms with van der Waals surface area (Å²) in [6.45, 7) is 1.73. The van der Waals surface area contributed by atoms with Gasteiger partial charge in [-0.05, 0) is 19.3 Å². The molecule has 0 aromatic rings. The predicted octanol–water partition coefficient (Wildman–Crippen LogP) is -0.248. The van der Waals surface area contributed by atoms with Gasteiger partial charge in [0.25, 0.3) is 0 Å². The fourth-order valence-corrected chi connectivity index (χ4v) is 13.5. The lowest BCUT2D eigenvalue weighted by Crippen LogP contribution is -2.69. The molecule has 590 valence electrons. The highest BCUT2D eigenvalue weighted by molar-refractivity contribution is 5.76. The molecule has 18 N–H and O–H groups in total. The first-order chi connectivity index (χ1) is 48.5. The van der Waals surface area contributed by atoms with E-state index in [-0.39, 0.29) is 12.3 Å². The second-order valence-corrected chi connectivity index (χ2v) is 27.9. The van der Waals surface area contributed by atoms with Gasteiger partial charge in [0.1, 0.15) is 122 Å². The van der Waals surface area contributed by atoms with Gasteiger partial charge in [-0.25, -0.2) is 0 Å². The Balaban J connectivity index is 1.19. The molecule has 31 nitrogen and oxygen atoms in total. The Bertz CT molecular complexity index is 2270. The Morgan fingerprint density at radius 3 is 1.25 bits per heavy atom. The Labute approximate surface area is 594 Å². The molecule has 0 aliphatic carbocycles. The highest BCUT2D eigenvalue weighted by Gasteiger charge is 2.56. The molecule has 5 aliphatic rings. The van der Waals surface area contributed by atoms with E-state index in [4.69, 9.17) is 47.4 Å². The number of unbranched alkanes of at least 4 members (excludes halogenated alkanes) is 25. The minimum Gasteiger partial charge on any atom is -0.394 e. The highest BCUT2D eigenvalue weighted by Crippen LogP contribution is 2.36. The molecule has 0 aromatic heterocycles. The van der Waals surface area contributed by atoms with Gasteiger partial charge in [-0.3, -0.25) is 14.4 Å². The maximum absolute atomic E-state index is 13.5. The molecule has 5 aliphatic heterocycles. The number of carbonyl (C=O) groups is 3. The number of rotatable bonds is 49. The zero-order chi connectivity index (χ0) is 74.0. The molecule has 101 heavy (non-hydrogen) atoms. The number of nitrogens with one attached hydrogen (secondary N) is 3. The summed E-state index contributed by atoms with van der Waals surface area (Å²) < 4.78 is 58.6. The Morgan fingerprint density at radius 2 is 0.772 bits per heavy atom. The molecule has 0 aromatic carbocycles. The van der Waals surface area contributed by atoms with Crippen LogP contribution in [0.3, 0.4) is 0 Å². The number of aliphatic hydroxyl groups is 15. The van der Waals surface area contributed by atoms with Crippen LogP contribution in [0.4, 0.5) is 0 Å². The monoisotopic (exact) mass is 1460 g/mol. The number of carbonyl (C=O) groups excluding carboxylic acids is 3. The lowest BCUT2D eigenvalue weighted by atomic mass is 9.94. The molecule has 5 rings (SSSR count). The van der Waals surface area contributed by atoms with E-state index in [9.17, 15) is 91.0 Å². The van der Waals surface area contributed by atoms with E-state index >= 15 is 0 Å². The van der Waals surface area contributed by atoms with Gasteiger partial charge < -0.3 is 140 Å². The SMILES string of the molecule is CCCCCCCCCCCCC/C=C/[C@@H](O)[C@H](CO[C@@H]1OC(CO)[C@@H](O[C@@H]2OC(CO)[C@H](O[C@@H]3OC(CO)[C@H](O)[C@H](O[C@@H]4OC(CO[C@@H]5OC(CO)[C@@H](O)[C@H](O)C5NC(C)=O)[C@H](O)[C@H](O)C4NC(C)=O)C3O)[C@H](O)C2O)[C@H](O)C1O)NC(=O)CCCCCCCCCCCCCCCCC. The molecule has 27 atom stereocenters. The van der Waals surface area contributed by atoms with Crippen molar-refractivity contribution in [3.8, 4) is 0 Å². The van der Waals surface area contributed by atoms with Crippen LogP contribution < -0.4 is 16.0 Å². The molecule has 5 fully saturated rings. The predicted molar refractivity (Wildman–Crippen MR) is 361 cm³/mol. The van der Waals surface area contributed by atoms with E-state index in [1.807, 2.05) is 6.08 Å². The van der Waals surface area contributed by atoms with E-state index in [0.717, 1.165) is 58.8 Å². The van der Waals surface area contributed by atoms with Gasteiger partial charge in [0, 0.05) is 20.3 Å². The van der Waals surface area contributed by atoms with E-state index in [0.29, 0.717) is 12.8 Å². The molecule has 10 unspecified atom stereocenters. The highest BCUT2D eigenvalue weighted by atomic mass is 16.8. The fourth-order valence-electron chi connectivity index (χ4n) is 13.5. The van der Waals surface area contributed by atoms with Gasteiger partial charge in [0.15, 0.2) is 31.5 Å². The van der Waals surface area contributed by atoms with Gasteiger partial charge in [-0.2, -0.15) is 0 Å². The summed E-state index contributed by atoms with van der Waals surface area (Å²) in [5.41, 5.74) is 0. The zero-order valence-corrected chi connectivity index (χ0v) is 59.8. The lowest BCUT2D eigenvalue weighted by molar-refractivity contribution is -0.387. The summed E-state index contributed by atoms with van der Waals surface area (Å²) in [5, 5.41) is 174. The standard InChI is InChI=1S/C70H127N3O28/c1-5-7-9-11-13-15-17-19-20-22-24-26-28-30-32-34-50(81)73-43(44(80)33-31-29-27-25-23-21-18-16-14-12-10-8-6-2)39-92-68-60(89)58(87)63(47(37-76)96-68)99-69-61(90)59(88)64(48(38-77)97-69)100-70-62(91)65(55(84)46(36-75)95-70)101-67-52(72-42(4)79)57(86)54(83)49(98-67)40-93-66-51(71-41(3)78)56(85)53(82)45(35-74)94-66/h31,33,43-49,51-70,74-77,80,82-91H,5-30,32,34-40H2,1-4H3,(H,71,78)(H,72,79)(H,73,81)/b33-31+/t43-,44+,45?,46?,47?,48?,49?,51?,52?,53+,54-,55-,56+,57+,58+,59+,60?,61?,62?,63+,64-,65-,66+,67-,68+,69-,70-/m0/s1. The van der Waals surface area contributed by atoms with Crippen LogP contribution >= 0.6 is 0 Å². The first kappa shape index (κ1) is 88.8. The largest absolute Gasteiger partial charge is 0.394 e. The molecule has 31 heteroatoms. The number of hydrogen-bond acceptors (Lipinski definition) is 28. The first-order valence-corrected chi connectivity index (χ1v) is 37.4. The van der Waals surface area contributed by atoms with Crippen molar-refractivity contribution in [2.75, 3.05) is 39.6 Å². The molecule has 0 spiro atoms. The number of aliphatic hydroxyl groups excluding tert-OH is 15. The third-order valence-corrected chi connectivity index (χ3v) is 19.6. The summed E-state index contributed by atoms with van der Waals surface area (Å²) in [4.78, 5) is 38.0. The average molecular weight is 1460 g/mol. The Kier molecular flexibility index (Phi) is 42.6. The van der Waals surface area contributed by atoms with Crippen LogP contribution in [0, 0.1) is 0 Å². The van der Waals surface area contributed by atoms with Crippen molar-refractivity contribution >= 4 is 17.7 Å². The smallest absolute Gasteiger partial charge is 0.220 e. The summed E-state index contributed by atoms with van der Waals surface area (Å²) in [5.74, 6) is -1.79. The van der Waals surface area contributed by atoms with Crippen molar-refractivity contribution in [2.24, 2.45) is 0 Å². The van der Waals surface area contributed by atoms with Gasteiger partial charge in [-0.1, -0.05) is 180 Å². The summed E-state index contributed by atoms with van der Waals surface area (Å²) in [6.07, 6.45) is -8.82. The second-order valence-electron chi connectivity index (χ2n) is 27.9. The number of ether oxygens (including phenoxy) is 10. The molecule has 0 bridgehead atoms. The van der Waals surface area contributed by atoms with Crippen LogP contribution in [0.5, 0.6) is 0 Å². The maximum Gasteiger partial charge on any atom is 0.220 e. The minimum atomic E-state index is -2.18. The zero-order valence-electron chi connectivity index (χ0n) is 59.8. The molecular formula is C70H127N3O28. The van der Waals surface area contributed by atoms with Crippen LogP contribution in [-0.2, 0) is 61.8 Å². The van der Waals surface area contributed by atoms with Gasteiger partial charge in [0.2, 0.25) is 17.7 Å². The van der Waals surface area contributed by atoms with Crippen molar-refractivity contribution in [3.63, 3.8) is 0 Å². The lowest BCUT2D eigenvalue weighted by Gasteiger charge is -2.49.